The highest BCUT2D eigenvalue weighted by atomic mass is 127. The van der Waals surface area contributed by atoms with Crippen molar-refractivity contribution in [3.05, 3.63) is 55.1 Å². The van der Waals surface area contributed by atoms with E-state index in [0.717, 1.165) is 31.4 Å². The average molecular weight is 504 g/mol. The van der Waals surface area contributed by atoms with E-state index in [1.54, 1.807) is 6.07 Å². The Morgan fingerprint density at radius 3 is 2.30 bits per heavy atom. The third-order valence-electron chi connectivity index (χ3n) is 4.81. The second kappa shape index (κ2) is 8.52. The number of rotatable bonds is 6. The number of phenolic OH excluding ortho intramolecular Hbond substituents is 1. The van der Waals surface area contributed by atoms with Crippen LogP contribution in [-0.2, 0) is 11.0 Å². The zero-order valence-electron chi connectivity index (χ0n) is 16.2. The van der Waals surface area contributed by atoms with Crippen molar-refractivity contribution in [1.29, 1.82) is 0 Å². The van der Waals surface area contributed by atoms with Crippen molar-refractivity contribution >= 4 is 30.2 Å². The van der Waals surface area contributed by atoms with E-state index in [9.17, 15) is 9.67 Å². The van der Waals surface area contributed by atoms with E-state index in [2.05, 4.69) is 36.4 Å². The molecule has 2 rings (SSSR count). The number of halogens is 1. The van der Waals surface area contributed by atoms with Crippen LogP contribution in [0.5, 0.6) is 11.5 Å². The van der Waals surface area contributed by atoms with Gasteiger partial charge in [-0.05, 0) is 95.1 Å². The Bertz CT molecular complexity index is 873. The highest BCUT2D eigenvalue weighted by Crippen LogP contribution is 2.40. The molecule has 7 heteroatoms. The van der Waals surface area contributed by atoms with Crippen molar-refractivity contribution in [2.24, 2.45) is 0 Å². The minimum absolute atomic E-state index is 0.234. The van der Waals surface area contributed by atoms with Gasteiger partial charge in [-0.15, -0.1) is 0 Å². The minimum atomic E-state index is -4.24. The van der Waals surface area contributed by atoms with Crippen LogP contribution in [0, 0.1) is 24.3 Å². The van der Waals surface area contributed by atoms with Crippen LogP contribution in [0.15, 0.2) is 18.2 Å². The van der Waals surface area contributed by atoms with Gasteiger partial charge in [-0.3, -0.25) is 4.57 Å². The Labute approximate surface area is 174 Å². The van der Waals surface area contributed by atoms with Gasteiger partial charge in [0, 0.05) is 0 Å². The van der Waals surface area contributed by atoms with Gasteiger partial charge in [0.05, 0.1) is 3.57 Å². The molecule has 0 fully saturated rings. The fourth-order valence-electron chi connectivity index (χ4n) is 3.11. The molecule has 0 bridgehead atoms. The van der Waals surface area contributed by atoms with E-state index in [1.165, 1.54) is 5.56 Å². The predicted molar refractivity (Wildman–Crippen MR) is 116 cm³/mol. The molecule has 0 aliphatic carbocycles. The van der Waals surface area contributed by atoms with Crippen molar-refractivity contribution in [3.63, 3.8) is 0 Å². The van der Waals surface area contributed by atoms with Gasteiger partial charge in [0.1, 0.15) is 11.5 Å². The smallest absolute Gasteiger partial charge is 0.362 e. The molecule has 3 N–H and O–H groups in total. The second-order valence-electron chi connectivity index (χ2n) is 7.16. The first-order chi connectivity index (χ1) is 12.4. The highest BCUT2D eigenvalue weighted by molar-refractivity contribution is 14.1. The molecule has 2 aromatic rings. The number of phenols is 1. The number of benzene rings is 2. The third-order valence-corrected chi connectivity index (χ3v) is 6.57. The lowest BCUT2D eigenvalue weighted by Crippen LogP contribution is -2.07. The molecule has 148 valence electrons. The SMILES string of the molecule is Cc1c(C)c(OCP(=O)(O)O)c(I)c(C)c1Cc1ccc(O)c(C(C)C)c1. The molecule has 5 nitrogen and oxygen atoms in total. The molecule has 27 heavy (non-hydrogen) atoms. The normalized spacial score (nSPS) is 11.9. The lowest BCUT2D eigenvalue weighted by atomic mass is 9.90. The standard InChI is InChI=1S/C20H26IO5P/c1-11(2)16-8-15(6-7-18(16)22)9-17-12(3)13(4)20(19(21)14(17)5)26-10-27(23,24)25/h6-8,11,22H,9-10H2,1-5H3,(H2,23,24,25). The lowest BCUT2D eigenvalue weighted by Gasteiger charge is -2.21. The molecule has 0 amide bonds. The molecule has 2 aromatic carbocycles. The monoisotopic (exact) mass is 504 g/mol. The maximum absolute atomic E-state index is 11.2. The summed E-state index contributed by atoms with van der Waals surface area (Å²) in [7, 11) is -4.24. The molecule has 0 aliphatic rings. The summed E-state index contributed by atoms with van der Waals surface area (Å²) in [6.07, 6.45) is 0.0884. The highest BCUT2D eigenvalue weighted by Gasteiger charge is 2.21. The summed E-state index contributed by atoms with van der Waals surface area (Å²) in [4.78, 5) is 18.2. The van der Waals surface area contributed by atoms with Crippen molar-refractivity contribution in [1.82, 2.24) is 0 Å². The first-order valence-electron chi connectivity index (χ1n) is 8.69. The Morgan fingerprint density at radius 1 is 1.11 bits per heavy atom. The summed E-state index contributed by atoms with van der Waals surface area (Å²) < 4.78 is 17.5. The summed E-state index contributed by atoms with van der Waals surface area (Å²) in [5.74, 6) is 1.08. The fraction of sp³-hybridized carbons (Fsp3) is 0.400. The molecule has 0 spiro atoms. The van der Waals surface area contributed by atoms with Crippen LogP contribution < -0.4 is 4.74 Å². The first-order valence-corrected chi connectivity index (χ1v) is 11.6. The minimum Gasteiger partial charge on any atom is -0.508 e. The van der Waals surface area contributed by atoms with E-state index in [4.69, 9.17) is 14.5 Å². The van der Waals surface area contributed by atoms with E-state index < -0.39 is 13.9 Å². The molecule has 0 aliphatic heterocycles. The largest absolute Gasteiger partial charge is 0.508 e. The number of aromatic hydroxyl groups is 1. The van der Waals surface area contributed by atoms with E-state index >= 15 is 0 Å². The number of ether oxygens (including phenoxy) is 1. The Morgan fingerprint density at radius 2 is 1.74 bits per heavy atom. The van der Waals surface area contributed by atoms with Gasteiger partial charge < -0.3 is 19.6 Å². The molecule has 0 heterocycles. The predicted octanol–water partition coefficient (Wildman–Crippen LogP) is 5.15. The molecule has 0 unspecified atom stereocenters. The fourth-order valence-corrected chi connectivity index (χ4v) is 4.29. The third kappa shape index (κ3) is 5.25. The Balaban J connectivity index is 2.44. The molecule has 0 radical (unpaired) electrons. The van der Waals surface area contributed by atoms with Crippen molar-refractivity contribution in [2.45, 2.75) is 47.0 Å². The van der Waals surface area contributed by atoms with E-state index in [1.807, 2.05) is 32.9 Å². The van der Waals surface area contributed by atoms with Crippen LogP contribution in [0.25, 0.3) is 0 Å². The van der Waals surface area contributed by atoms with Crippen molar-refractivity contribution in [3.8, 4) is 11.5 Å². The van der Waals surface area contributed by atoms with Gasteiger partial charge in [0.2, 0.25) is 0 Å². The van der Waals surface area contributed by atoms with Crippen LogP contribution >= 0.6 is 30.2 Å². The van der Waals surface area contributed by atoms with Crippen LogP contribution in [0.3, 0.4) is 0 Å². The summed E-state index contributed by atoms with van der Waals surface area (Å²) in [5, 5.41) is 10.0. The lowest BCUT2D eigenvalue weighted by molar-refractivity contribution is 0.298. The van der Waals surface area contributed by atoms with Crippen LogP contribution in [0.4, 0.5) is 0 Å². The maximum Gasteiger partial charge on any atom is 0.362 e. The Hall–Kier alpha value is -1.08. The topological polar surface area (TPSA) is 87.0 Å². The number of hydrogen-bond acceptors (Lipinski definition) is 3. The first kappa shape index (κ1) is 22.2. The zero-order valence-corrected chi connectivity index (χ0v) is 19.3. The van der Waals surface area contributed by atoms with Gasteiger partial charge in [-0.25, -0.2) is 0 Å². The summed E-state index contributed by atoms with van der Waals surface area (Å²) >= 11 is 2.17. The second-order valence-corrected chi connectivity index (χ2v) is 9.83. The zero-order chi connectivity index (χ0) is 20.5. The number of hydrogen-bond donors (Lipinski definition) is 3. The molecular weight excluding hydrogens is 478 g/mol. The van der Waals surface area contributed by atoms with Crippen LogP contribution in [0.1, 0.15) is 53.1 Å². The van der Waals surface area contributed by atoms with E-state index in [-0.39, 0.29) is 5.92 Å². The summed E-state index contributed by atoms with van der Waals surface area (Å²) in [6, 6.07) is 5.71. The average Bonchev–Trinajstić information content (AvgIpc) is 2.57. The Kier molecular flexibility index (Phi) is 7.01. The molecule has 0 saturated carbocycles. The van der Waals surface area contributed by atoms with Gasteiger partial charge >= 0.3 is 7.60 Å². The van der Waals surface area contributed by atoms with Crippen molar-refractivity contribution < 1.29 is 24.2 Å². The van der Waals surface area contributed by atoms with Crippen LogP contribution in [-0.4, -0.2) is 21.2 Å². The van der Waals surface area contributed by atoms with Gasteiger partial charge in [-0.2, -0.15) is 0 Å². The van der Waals surface area contributed by atoms with Crippen LogP contribution in [0.2, 0.25) is 0 Å². The molecule has 0 saturated heterocycles. The summed E-state index contributed by atoms with van der Waals surface area (Å²) in [5.41, 5.74) is 6.18. The van der Waals surface area contributed by atoms with E-state index in [0.29, 0.717) is 17.9 Å². The molecule has 0 aromatic heterocycles. The molecular formula is C20H26IO5P. The maximum atomic E-state index is 11.2. The quantitative estimate of drug-likeness (QED) is 0.374. The van der Waals surface area contributed by atoms with Gasteiger partial charge in [-0.1, -0.05) is 26.0 Å². The molecule has 0 atom stereocenters. The van der Waals surface area contributed by atoms with Gasteiger partial charge in [0.25, 0.3) is 0 Å². The van der Waals surface area contributed by atoms with Gasteiger partial charge in [0.15, 0.2) is 6.35 Å². The summed E-state index contributed by atoms with van der Waals surface area (Å²) in [6.45, 7) is 10.0. The van der Waals surface area contributed by atoms with Crippen molar-refractivity contribution in [2.75, 3.05) is 6.35 Å².